The molecule has 27 heavy (non-hydrogen) atoms. The molecule has 0 bridgehead atoms. The number of carbonyl (C=O) groups is 2. The van der Waals surface area contributed by atoms with Gasteiger partial charge in [0.25, 0.3) is 5.76 Å². The fourth-order valence-electron chi connectivity index (χ4n) is 2.24. The van der Waals surface area contributed by atoms with Gasteiger partial charge in [0.05, 0.1) is 4.90 Å². The minimum absolute atomic E-state index is 0.0117. The largest absolute Gasteiger partial charge is 0.434 e. The maximum Gasteiger partial charge on any atom is 0.387 e. The van der Waals surface area contributed by atoms with Crippen LogP contribution in [0.1, 0.15) is 33.6 Å². The fourth-order valence-corrected chi connectivity index (χ4v) is 2.80. The van der Waals surface area contributed by atoms with Crippen molar-refractivity contribution in [2.24, 2.45) is 0 Å². The highest BCUT2D eigenvalue weighted by Gasteiger charge is 2.18. The van der Waals surface area contributed by atoms with Gasteiger partial charge in [0.2, 0.25) is 0 Å². The van der Waals surface area contributed by atoms with Gasteiger partial charge in [-0.25, -0.2) is 4.39 Å². The number of halogens is 5. The van der Waals surface area contributed by atoms with Crippen LogP contribution in [0.25, 0.3) is 0 Å². The molecule has 0 aliphatic heterocycles. The first-order valence-electron chi connectivity index (χ1n) is 7.62. The summed E-state index contributed by atoms with van der Waals surface area (Å²) in [6.07, 6.45) is -0.480. The predicted octanol–water partition coefficient (Wildman–Crippen LogP) is 5.59. The van der Waals surface area contributed by atoms with Gasteiger partial charge in [-0.1, -0.05) is 30.0 Å². The molecule has 0 radical (unpaired) electrons. The number of alkyl halides is 4. The molecule has 0 saturated heterocycles. The first-order valence-corrected chi connectivity index (χ1v) is 8.50. The second-order valence-corrected chi connectivity index (χ2v) is 6.31. The lowest BCUT2D eigenvalue weighted by molar-refractivity contribution is -0.0517. The zero-order chi connectivity index (χ0) is 20.0. The highest BCUT2D eigenvalue weighted by atomic mass is 32.2. The fraction of sp³-hybridized carbons (Fsp3) is 0.222. The summed E-state index contributed by atoms with van der Waals surface area (Å²) in [6, 6.07) is 8.18. The molecule has 0 unspecified atom stereocenters. The lowest BCUT2D eigenvalue weighted by Gasteiger charge is -2.11. The SMILES string of the molecule is O=C(CCC(=O)c1ccc(SC(F)F)c(OC(F)F)c1)c1cccc(F)c1. The molecule has 2 rings (SSSR count). The third kappa shape index (κ3) is 6.35. The van der Waals surface area contributed by atoms with Crippen LogP contribution in [-0.4, -0.2) is 23.9 Å². The molecular formula is C18H13F5O3S. The Balaban J connectivity index is 2.09. The summed E-state index contributed by atoms with van der Waals surface area (Å²) in [5.41, 5.74) is 0.0458. The molecule has 0 spiro atoms. The second-order valence-electron chi connectivity index (χ2n) is 5.28. The smallest absolute Gasteiger partial charge is 0.387 e. The van der Waals surface area contributed by atoms with Crippen molar-refractivity contribution in [2.75, 3.05) is 0 Å². The number of benzene rings is 2. The number of ether oxygens (including phenoxy) is 1. The summed E-state index contributed by atoms with van der Waals surface area (Å²) in [5, 5.41) is 0. The lowest BCUT2D eigenvalue weighted by atomic mass is 10.0. The van der Waals surface area contributed by atoms with E-state index in [0.29, 0.717) is 0 Å². The minimum atomic E-state index is -3.25. The van der Waals surface area contributed by atoms with Crippen molar-refractivity contribution in [2.45, 2.75) is 30.1 Å². The number of Topliss-reactive ketones (excluding diaryl/α,β-unsaturated/α-hetero) is 2. The van der Waals surface area contributed by atoms with Crippen molar-refractivity contribution in [3.05, 3.63) is 59.4 Å². The Morgan fingerprint density at radius 1 is 0.926 bits per heavy atom. The van der Waals surface area contributed by atoms with E-state index in [1.54, 1.807) is 0 Å². The zero-order valence-electron chi connectivity index (χ0n) is 13.6. The van der Waals surface area contributed by atoms with Crippen LogP contribution in [0.2, 0.25) is 0 Å². The number of rotatable bonds is 9. The highest BCUT2D eigenvalue weighted by molar-refractivity contribution is 7.99. The van der Waals surface area contributed by atoms with Crippen LogP contribution in [0.4, 0.5) is 22.0 Å². The van der Waals surface area contributed by atoms with E-state index in [-0.39, 0.29) is 40.6 Å². The minimum Gasteiger partial charge on any atom is -0.434 e. The molecule has 0 N–H and O–H groups in total. The number of hydrogen-bond donors (Lipinski definition) is 0. The van der Waals surface area contributed by atoms with Crippen molar-refractivity contribution >= 4 is 23.3 Å². The summed E-state index contributed by atoms with van der Waals surface area (Å²) in [6.45, 7) is -3.25. The number of thioether (sulfide) groups is 1. The quantitative estimate of drug-likeness (QED) is 0.311. The molecule has 0 heterocycles. The first kappa shape index (κ1) is 20.9. The highest BCUT2D eigenvalue weighted by Crippen LogP contribution is 2.35. The second kappa shape index (κ2) is 9.50. The molecule has 144 valence electrons. The molecule has 0 fully saturated rings. The Morgan fingerprint density at radius 3 is 2.11 bits per heavy atom. The van der Waals surface area contributed by atoms with Crippen molar-refractivity contribution in [3.8, 4) is 5.75 Å². The number of carbonyl (C=O) groups excluding carboxylic acids is 2. The van der Waals surface area contributed by atoms with E-state index in [9.17, 15) is 31.5 Å². The van der Waals surface area contributed by atoms with Gasteiger partial charge in [-0.2, -0.15) is 17.6 Å². The summed E-state index contributed by atoms with van der Waals surface area (Å²) < 4.78 is 67.2. The Labute approximate surface area is 155 Å². The summed E-state index contributed by atoms with van der Waals surface area (Å²) in [5.74, 6) is -5.01. The van der Waals surface area contributed by atoms with Gasteiger partial charge in [0.1, 0.15) is 11.6 Å². The standard InChI is InChI=1S/C18H13F5O3S/c19-12-3-1-2-10(8-12)13(24)5-6-14(25)11-4-7-16(27-18(22)23)15(9-11)26-17(20)21/h1-4,7-9,17-18H,5-6H2. The average Bonchev–Trinajstić information content (AvgIpc) is 2.60. The molecular weight excluding hydrogens is 391 g/mol. The van der Waals surface area contributed by atoms with Crippen molar-refractivity contribution < 1.29 is 36.3 Å². The van der Waals surface area contributed by atoms with Crippen molar-refractivity contribution in [1.82, 2.24) is 0 Å². The molecule has 0 aliphatic carbocycles. The van der Waals surface area contributed by atoms with Crippen LogP contribution < -0.4 is 4.74 Å². The Morgan fingerprint density at radius 2 is 1.56 bits per heavy atom. The maximum absolute atomic E-state index is 13.1. The van der Waals surface area contributed by atoms with E-state index in [2.05, 4.69) is 4.74 Å². The average molecular weight is 404 g/mol. The van der Waals surface area contributed by atoms with E-state index in [1.165, 1.54) is 24.3 Å². The molecule has 2 aromatic carbocycles. The van der Waals surface area contributed by atoms with Crippen LogP contribution in [-0.2, 0) is 0 Å². The van der Waals surface area contributed by atoms with Crippen molar-refractivity contribution in [3.63, 3.8) is 0 Å². The Bertz CT molecular complexity index is 826. The van der Waals surface area contributed by atoms with Crippen molar-refractivity contribution in [1.29, 1.82) is 0 Å². The Kier molecular flexibility index (Phi) is 7.35. The molecule has 3 nitrogen and oxygen atoms in total. The first-order chi connectivity index (χ1) is 12.8. The van der Waals surface area contributed by atoms with E-state index in [1.807, 2.05) is 0 Å². The topological polar surface area (TPSA) is 43.4 Å². The van der Waals surface area contributed by atoms with Crippen LogP contribution in [0, 0.1) is 5.82 Å². The number of hydrogen-bond acceptors (Lipinski definition) is 4. The third-order valence-corrected chi connectivity index (χ3v) is 4.19. The summed E-state index contributed by atoms with van der Waals surface area (Å²) in [4.78, 5) is 23.9. The van der Waals surface area contributed by atoms with Gasteiger partial charge < -0.3 is 4.74 Å². The van der Waals surface area contributed by atoms with Crippen LogP contribution in [0.5, 0.6) is 5.75 Å². The maximum atomic E-state index is 13.1. The Hall–Kier alpha value is -2.42. The van der Waals surface area contributed by atoms with E-state index >= 15 is 0 Å². The van der Waals surface area contributed by atoms with Gasteiger partial charge in [-0.05, 0) is 24.3 Å². The lowest BCUT2D eigenvalue weighted by Crippen LogP contribution is -2.08. The van der Waals surface area contributed by atoms with E-state index in [0.717, 1.165) is 18.2 Å². The molecule has 0 aromatic heterocycles. The normalized spacial score (nSPS) is 11.1. The van der Waals surface area contributed by atoms with Gasteiger partial charge in [-0.15, -0.1) is 0 Å². The molecule has 0 aliphatic rings. The predicted molar refractivity (Wildman–Crippen MR) is 89.2 cm³/mol. The molecule has 0 amide bonds. The third-order valence-electron chi connectivity index (χ3n) is 3.42. The monoisotopic (exact) mass is 404 g/mol. The van der Waals surface area contributed by atoms with E-state index < -0.39 is 35.5 Å². The molecule has 0 saturated carbocycles. The van der Waals surface area contributed by atoms with Gasteiger partial charge >= 0.3 is 6.61 Å². The van der Waals surface area contributed by atoms with Gasteiger partial charge in [0.15, 0.2) is 11.6 Å². The molecule has 2 aromatic rings. The summed E-state index contributed by atoms with van der Waals surface area (Å²) in [7, 11) is 0. The van der Waals surface area contributed by atoms with Gasteiger partial charge in [-0.3, -0.25) is 9.59 Å². The summed E-state index contributed by atoms with van der Waals surface area (Å²) >= 11 is 0.0117. The van der Waals surface area contributed by atoms with Crippen LogP contribution in [0.3, 0.4) is 0 Å². The molecule has 0 atom stereocenters. The number of ketones is 2. The van der Waals surface area contributed by atoms with Crippen LogP contribution in [0.15, 0.2) is 47.4 Å². The van der Waals surface area contributed by atoms with E-state index in [4.69, 9.17) is 0 Å². The zero-order valence-corrected chi connectivity index (χ0v) is 14.4. The molecule has 9 heteroatoms. The van der Waals surface area contributed by atoms with Gasteiger partial charge in [0, 0.05) is 24.0 Å². The van der Waals surface area contributed by atoms with Crippen LogP contribution >= 0.6 is 11.8 Å².